The lowest BCUT2D eigenvalue weighted by molar-refractivity contribution is 0.985. The summed E-state index contributed by atoms with van der Waals surface area (Å²) in [6.45, 7) is 4.04. The van der Waals surface area contributed by atoms with Gasteiger partial charge in [-0.15, -0.1) is 0 Å². The number of benzene rings is 1. The number of aromatic nitrogens is 4. The first kappa shape index (κ1) is 15.0. The lowest BCUT2D eigenvalue weighted by atomic mass is 10.2. The summed E-state index contributed by atoms with van der Waals surface area (Å²) in [4.78, 5) is 9.09. The maximum absolute atomic E-state index is 4.55. The van der Waals surface area contributed by atoms with E-state index >= 15 is 0 Å². The van der Waals surface area contributed by atoms with E-state index in [2.05, 4.69) is 32.4 Å². The summed E-state index contributed by atoms with van der Waals surface area (Å²) >= 11 is 0. The van der Waals surface area contributed by atoms with E-state index in [4.69, 9.17) is 0 Å². The molecule has 116 valence electrons. The Morgan fingerprint density at radius 1 is 1.04 bits per heavy atom. The molecule has 3 rings (SSSR count). The fraction of sp³-hybridized carbons (Fsp3) is 0.167. The largest absolute Gasteiger partial charge is 0.323 e. The van der Waals surface area contributed by atoms with Crippen LogP contribution in [0.25, 0.3) is 12.2 Å². The predicted molar refractivity (Wildman–Crippen MR) is 93.4 cm³/mol. The van der Waals surface area contributed by atoms with Gasteiger partial charge in [0.15, 0.2) is 11.6 Å². The maximum atomic E-state index is 4.55. The van der Waals surface area contributed by atoms with Crippen LogP contribution in [0.3, 0.4) is 0 Å². The number of aryl methyl sites for hydroxylation is 2. The van der Waals surface area contributed by atoms with Crippen molar-refractivity contribution in [3.63, 3.8) is 0 Å². The summed E-state index contributed by atoms with van der Waals surface area (Å²) in [7, 11) is 0. The molecule has 2 heterocycles. The van der Waals surface area contributed by atoms with Crippen LogP contribution < -0.4 is 5.32 Å². The van der Waals surface area contributed by atoms with Gasteiger partial charge in [0.05, 0.1) is 0 Å². The first-order valence-corrected chi connectivity index (χ1v) is 7.63. The summed E-state index contributed by atoms with van der Waals surface area (Å²) in [5.41, 5.74) is 3.11. The lowest BCUT2D eigenvalue weighted by Crippen LogP contribution is -2.00. The number of rotatable bonds is 5. The smallest absolute Gasteiger partial charge is 0.154 e. The van der Waals surface area contributed by atoms with Crippen LogP contribution in [0, 0.1) is 6.92 Å². The van der Waals surface area contributed by atoms with Crippen molar-refractivity contribution in [3.05, 3.63) is 65.2 Å². The number of nitrogens with one attached hydrogen (secondary N) is 2. The monoisotopic (exact) mass is 305 g/mol. The van der Waals surface area contributed by atoms with Gasteiger partial charge in [-0.2, -0.15) is 5.10 Å². The molecule has 0 saturated heterocycles. The first-order chi connectivity index (χ1) is 11.2. The van der Waals surface area contributed by atoms with E-state index in [1.807, 2.05) is 61.5 Å². The number of nitrogens with zero attached hydrogens (tertiary/aromatic N) is 3. The van der Waals surface area contributed by atoms with Crippen LogP contribution in [-0.2, 0) is 6.42 Å². The zero-order valence-corrected chi connectivity index (χ0v) is 13.2. The molecular weight excluding hydrogens is 286 g/mol. The van der Waals surface area contributed by atoms with E-state index in [0.717, 1.165) is 35.0 Å². The Hall–Kier alpha value is -2.95. The summed E-state index contributed by atoms with van der Waals surface area (Å²) in [5, 5.41) is 10.3. The van der Waals surface area contributed by atoms with Gasteiger partial charge in [-0.25, -0.2) is 9.97 Å². The van der Waals surface area contributed by atoms with Gasteiger partial charge in [-0.05, 0) is 25.0 Å². The Morgan fingerprint density at radius 3 is 2.57 bits per heavy atom. The number of hydrogen-bond donors (Lipinski definition) is 2. The second kappa shape index (κ2) is 6.87. The van der Waals surface area contributed by atoms with Crippen LogP contribution in [0.5, 0.6) is 0 Å². The fourth-order valence-electron chi connectivity index (χ4n) is 2.19. The molecule has 0 aliphatic rings. The van der Waals surface area contributed by atoms with Gasteiger partial charge >= 0.3 is 0 Å². The summed E-state index contributed by atoms with van der Waals surface area (Å²) in [5.74, 6) is 2.18. The molecule has 2 N–H and O–H groups in total. The quantitative estimate of drug-likeness (QED) is 0.748. The van der Waals surface area contributed by atoms with Crippen LogP contribution in [0.4, 0.5) is 11.6 Å². The molecule has 0 fully saturated rings. The van der Waals surface area contributed by atoms with Crippen molar-refractivity contribution in [2.45, 2.75) is 20.3 Å². The molecule has 0 radical (unpaired) electrons. The zero-order valence-electron chi connectivity index (χ0n) is 13.2. The summed E-state index contributed by atoms with van der Waals surface area (Å²) in [6, 6.07) is 14.0. The van der Waals surface area contributed by atoms with Crippen molar-refractivity contribution < 1.29 is 0 Å². The summed E-state index contributed by atoms with van der Waals surface area (Å²) in [6.07, 6.45) is 4.79. The van der Waals surface area contributed by atoms with Crippen LogP contribution >= 0.6 is 0 Å². The van der Waals surface area contributed by atoms with Gasteiger partial charge in [0, 0.05) is 23.5 Å². The molecule has 0 spiro atoms. The normalized spacial score (nSPS) is 11.0. The van der Waals surface area contributed by atoms with Crippen molar-refractivity contribution in [2.24, 2.45) is 0 Å². The van der Waals surface area contributed by atoms with Gasteiger partial charge < -0.3 is 5.32 Å². The molecule has 0 bridgehead atoms. The molecule has 5 nitrogen and oxygen atoms in total. The molecular formula is C18H19N5. The Labute approximate surface area is 135 Å². The molecule has 0 amide bonds. The molecule has 0 saturated carbocycles. The average Bonchev–Trinajstić information content (AvgIpc) is 2.98. The molecule has 0 unspecified atom stereocenters. The highest BCUT2D eigenvalue weighted by atomic mass is 15.2. The Bertz CT molecular complexity index is 805. The van der Waals surface area contributed by atoms with E-state index < -0.39 is 0 Å². The molecule has 5 heteroatoms. The van der Waals surface area contributed by atoms with Gasteiger partial charge in [0.1, 0.15) is 5.82 Å². The predicted octanol–water partition coefficient (Wildman–Crippen LogP) is 3.98. The standard InChI is InChI=1S/C18H19N5/c1-3-15-12-17(21-18-11-13(2)22-23-18)20-16(19-15)10-9-14-7-5-4-6-8-14/h4-12H,3H2,1-2H3,(H2,19,20,21,22,23). The molecule has 23 heavy (non-hydrogen) atoms. The zero-order chi connectivity index (χ0) is 16.1. The van der Waals surface area contributed by atoms with Gasteiger partial charge in [0.2, 0.25) is 0 Å². The second-order valence-corrected chi connectivity index (χ2v) is 5.26. The Morgan fingerprint density at radius 2 is 1.87 bits per heavy atom. The van der Waals surface area contributed by atoms with Crippen LogP contribution in [0.2, 0.25) is 0 Å². The Kier molecular flexibility index (Phi) is 4.47. The van der Waals surface area contributed by atoms with Crippen molar-refractivity contribution in [1.82, 2.24) is 20.2 Å². The van der Waals surface area contributed by atoms with E-state index in [1.165, 1.54) is 0 Å². The average molecular weight is 305 g/mol. The molecule has 0 aliphatic carbocycles. The van der Waals surface area contributed by atoms with E-state index in [-0.39, 0.29) is 0 Å². The highest BCUT2D eigenvalue weighted by Gasteiger charge is 2.04. The lowest BCUT2D eigenvalue weighted by Gasteiger charge is -2.05. The molecule has 0 aliphatic heterocycles. The second-order valence-electron chi connectivity index (χ2n) is 5.26. The van der Waals surface area contributed by atoms with Gasteiger partial charge in [-0.1, -0.05) is 43.3 Å². The molecule has 1 aromatic carbocycles. The first-order valence-electron chi connectivity index (χ1n) is 7.63. The fourth-order valence-corrected chi connectivity index (χ4v) is 2.19. The van der Waals surface area contributed by atoms with Crippen LogP contribution in [0.15, 0.2) is 42.5 Å². The number of hydrogen-bond acceptors (Lipinski definition) is 4. The van der Waals surface area contributed by atoms with Crippen LogP contribution in [0.1, 0.15) is 29.7 Å². The third-order valence-corrected chi connectivity index (χ3v) is 3.35. The minimum Gasteiger partial charge on any atom is -0.323 e. The van der Waals surface area contributed by atoms with E-state index in [9.17, 15) is 0 Å². The highest BCUT2D eigenvalue weighted by molar-refractivity contribution is 5.67. The van der Waals surface area contributed by atoms with Crippen molar-refractivity contribution in [2.75, 3.05) is 5.32 Å². The molecule has 3 aromatic rings. The number of anilines is 2. The molecule has 0 atom stereocenters. The highest BCUT2D eigenvalue weighted by Crippen LogP contribution is 2.15. The summed E-state index contributed by atoms with van der Waals surface area (Å²) < 4.78 is 0. The minimum absolute atomic E-state index is 0.683. The topological polar surface area (TPSA) is 66.5 Å². The minimum atomic E-state index is 0.683. The molecule has 2 aromatic heterocycles. The SMILES string of the molecule is CCc1cc(Nc2cc(C)[nH]n2)nc(C=Cc2ccccc2)n1. The van der Waals surface area contributed by atoms with Crippen molar-refractivity contribution >= 4 is 23.8 Å². The maximum Gasteiger partial charge on any atom is 0.154 e. The number of H-pyrrole nitrogens is 1. The van der Waals surface area contributed by atoms with Crippen molar-refractivity contribution in [3.8, 4) is 0 Å². The van der Waals surface area contributed by atoms with E-state index in [0.29, 0.717) is 5.82 Å². The Balaban J connectivity index is 1.85. The van der Waals surface area contributed by atoms with Gasteiger partial charge in [-0.3, -0.25) is 5.10 Å². The van der Waals surface area contributed by atoms with Gasteiger partial charge in [0.25, 0.3) is 0 Å². The number of aromatic amines is 1. The third-order valence-electron chi connectivity index (χ3n) is 3.35. The van der Waals surface area contributed by atoms with Crippen molar-refractivity contribution in [1.29, 1.82) is 0 Å². The van der Waals surface area contributed by atoms with Crippen LogP contribution in [-0.4, -0.2) is 20.2 Å². The third kappa shape index (κ3) is 4.03. The van der Waals surface area contributed by atoms with E-state index in [1.54, 1.807) is 0 Å².